The molecular weight excluding hydrogens is 467 g/mol. The zero-order valence-corrected chi connectivity index (χ0v) is 19.7. The normalized spacial score (nSPS) is 15.8. The molecule has 0 saturated heterocycles. The molecule has 1 aliphatic heterocycles. The lowest BCUT2D eigenvalue weighted by Gasteiger charge is -2.34. The first kappa shape index (κ1) is 24.4. The maximum absolute atomic E-state index is 12.9. The Bertz CT molecular complexity index is 1220. The number of aromatic nitrogens is 6. The molecule has 1 amide bonds. The highest BCUT2D eigenvalue weighted by Crippen LogP contribution is 2.33. The molecule has 0 radical (unpaired) electrons. The van der Waals surface area contributed by atoms with E-state index in [4.69, 9.17) is 4.74 Å². The maximum Gasteiger partial charge on any atom is 0.435 e. The Labute approximate surface area is 199 Å². The molecule has 0 saturated carbocycles. The number of rotatable bonds is 8. The number of aryl methyl sites for hydroxylation is 2. The van der Waals surface area contributed by atoms with Crippen LogP contribution < -0.4 is 15.5 Å². The van der Waals surface area contributed by atoms with Gasteiger partial charge < -0.3 is 20.3 Å². The molecule has 1 unspecified atom stereocenters. The Kier molecular flexibility index (Phi) is 6.65. The number of carbonyl (C=O) groups excluding carboxylic acids is 1. The van der Waals surface area contributed by atoms with Crippen molar-refractivity contribution in [2.45, 2.75) is 38.7 Å². The van der Waals surface area contributed by atoms with Crippen LogP contribution in [0.2, 0.25) is 0 Å². The van der Waals surface area contributed by atoms with Crippen LogP contribution >= 0.6 is 0 Å². The number of carbonyl (C=O) groups is 1. The van der Waals surface area contributed by atoms with Crippen molar-refractivity contribution in [3.8, 4) is 0 Å². The third-order valence-electron chi connectivity index (χ3n) is 5.75. The molecule has 3 aromatic rings. The third kappa shape index (κ3) is 5.21. The summed E-state index contributed by atoms with van der Waals surface area (Å²) in [5.41, 5.74) is 1.42. The minimum Gasteiger partial charge on any atom is -0.385 e. The van der Waals surface area contributed by atoms with Gasteiger partial charge in [0.1, 0.15) is 11.7 Å². The SMILES string of the molecule is COCCC1C(=O)Nc2c(C)nc(NCc3cnn(Cc4cc(C(F)(F)F)nn4C)c3)nc2N1C. The summed E-state index contributed by atoms with van der Waals surface area (Å²) in [5, 5.41) is 13.8. The van der Waals surface area contributed by atoms with E-state index < -0.39 is 17.9 Å². The first-order valence-corrected chi connectivity index (χ1v) is 10.8. The van der Waals surface area contributed by atoms with Crippen LogP contribution in [0.3, 0.4) is 0 Å². The number of halogens is 3. The number of ether oxygens (including phenoxy) is 1. The van der Waals surface area contributed by atoms with Gasteiger partial charge in [-0.2, -0.15) is 28.4 Å². The van der Waals surface area contributed by atoms with Gasteiger partial charge in [-0.15, -0.1) is 0 Å². The van der Waals surface area contributed by atoms with Gasteiger partial charge in [0.2, 0.25) is 11.9 Å². The number of methoxy groups -OCH3 is 1. The second kappa shape index (κ2) is 9.52. The van der Waals surface area contributed by atoms with Gasteiger partial charge in [-0.3, -0.25) is 14.2 Å². The quantitative estimate of drug-likeness (QED) is 0.491. The van der Waals surface area contributed by atoms with E-state index in [0.717, 1.165) is 11.6 Å². The summed E-state index contributed by atoms with van der Waals surface area (Å²) in [6.07, 6.45) is -0.634. The maximum atomic E-state index is 12.9. The lowest BCUT2D eigenvalue weighted by atomic mass is 10.1. The molecule has 4 heterocycles. The summed E-state index contributed by atoms with van der Waals surface area (Å²) < 4.78 is 46.5. The average Bonchev–Trinajstić information content (AvgIpc) is 3.39. The molecular formula is C21H26F3N9O2. The van der Waals surface area contributed by atoms with E-state index in [1.165, 1.54) is 16.4 Å². The predicted octanol–water partition coefficient (Wildman–Crippen LogP) is 2.19. The van der Waals surface area contributed by atoms with Crippen LogP contribution in [0.5, 0.6) is 0 Å². The molecule has 11 nitrogen and oxygen atoms in total. The van der Waals surface area contributed by atoms with Crippen LogP contribution in [0.1, 0.15) is 29.1 Å². The van der Waals surface area contributed by atoms with Gasteiger partial charge >= 0.3 is 6.18 Å². The summed E-state index contributed by atoms with van der Waals surface area (Å²) >= 11 is 0. The second-order valence-electron chi connectivity index (χ2n) is 8.27. The van der Waals surface area contributed by atoms with E-state index in [2.05, 4.69) is 30.8 Å². The lowest BCUT2D eigenvalue weighted by Crippen LogP contribution is -2.47. The fourth-order valence-corrected chi connectivity index (χ4v) is 3.85. The number of alkyl halides is 3. The van der Waals surface area contributed by atoms with Gasteiger partial charge in [0.25, 0.3) is 0 Å². The van der Waals surface area contributed by atoms with Crippen molar-refractivity contribution in [3.63, 3.8) is 0 Å². The molecule has 1 atom stereocenters. The van der Waals surface area contributed by atoms with Crippen molar-refractivity contribution in [3.05, 3.63) is 41.1 Å². The number of nitrogens with zero attached hydrogens (tertiary/aromatic N) is 7. The number of hydrogen-bond acceptors (Lipinski definition) is 8. The second-order valence-corrected chi connectivity index (χ2v) is 8.27. The summed E-state index contributed by atoms with van der Waals surface area (Å²) in [6.45, 7) is 2.71. The molecule has 188 valence electrons. The first-order valence-electron chi connectivity index (χ1n) is 10.8. The van der Waals surface area contributed by atoms with Gasteiger partial charge in [0, 0.05) is 52.5 Å². The van der Waals surface area contributed by atoms with Gasteiger partial charge in [-0.1, -0.05) is 0 Å². The van der Waals surface area contributed by atoms with Crippen molar-refractivity contribution >= 4 is 23.4 Å². The molecule has 14 heteroatoms. The zero-order chi connectivity index (χ0) is 25.3. The fourth-order valence-electron chi connectivity index (χ4n) is 3.85. The summed E-state index contributed by atoms with van der Waals surface area (Å²) in [7, 11) is 4.86. The molecule has 2 N–H and O–H groups in total. The molecule has 0 bridgehead atoms. The van der Waals surface area contributed by atoms with Crippen molar-refractivity contribution in [1.29, 1.82) is 0 Å². The first-order chi connectivity index (χ1) is 16.6. The number of amides is 1. The van der Waals surface area contributed by atoms with Crippen molar-refractivity contribution < 1.29 is 22.7 Å². The Morgan fingerprint density at radius 1 is 1.26 bits per heavy atom. The standard InChI is InChI=1S/C21H26F3N9O2/c1-12-17-18(31(2)15(5-6-35-4)19(34)28-17)29-20(27-12)25-8-13-9-26-33(10-13)11-14-7-16(21(22,23)24)30-32(14)3/h7,9-10,15H,5-6,8,11H2,1-4H3,(H,28,34)(H,25,27,29). The van der Waals surface area contributed by atoms with Gasteiger partial charge in [0.05, 0.1) is 24.1 Å². The molecule has 1 aliphatic rings. The number of fused-ring (bicyclic) bond motifs is 1. The van der Waals surface area contributed by atoms with Crippen LogP contribution in [0.15, 0.2) is 18.5 Å². The molecule has 0 aromatic carbocycles. The summed E-state index contributed by atoms with van der Waals surface area (Å²) in [4.78, 5) is 23.3. The number of anilines is 3. The van der Waals surface area contributed by atoms with Crippen molar-refractivity contribution in [1.82, 2.24) is 29.5 Å². The van der Waals surface area contributed by atoms with E-state index in [0.29, 0.717) is 48.4 Å². The van der Waals surface area contributed by atoms with Gasteiger partial charge in [-0.05, 0) is 13.0 Å². The smallest absolute Gasteiger partial charge is 0.385 e. The zero-order valence-electron chi connectivity index (χ0n) is 19.7. The minimum absolute atomic E-state index is 0.132. The van der Waals surface area contributed by atoms with Crippen LogP contribution in [-0.2, 0) is 35.8 Å². The summed E-state index contributed by atoms with van der Waals surface area (Å²) in [6, 6.07) is 0.603. The minimum atomic E-state index is -4.50. The van der Waals surface area contributed by atoms with E-state index in [-0.39, 0.29) is 12.5 Å². The molecule has 35 heavy (non-hydrogen) atoms. The summed E-state index contributed by atoms with van der Waals surface area (Å²) in [5.74, 6) is 0.852. The molecule has 4 rings (SSSR count). The van der Waals surface area contributed by atoms with Crippen LogP contribution in [0, 0.1) is 6.92 Å². The average molecular weight is 493 g/mol. The highest BCUT2D eigenvalue weighted by molar-refractivity contribution is 6.03. The van der Waals surface area contributed by atoms with E-state index >= 15 is 0 Å². The highest BCUT2D eigenvalue weighted by Gasteiger charge is 2.35. The van der Waals surface area contributed by atoms with E-state index in [1.807, 2.05) is 4.90 Å². The largest absolute Gasteiger partial charge is 0.435 e. The van der Waals surface area contributed by atoms with Gasteiger partial charge in [0.15, 0.2) is 11.5 Å². The molecule has 0 fully saturated rings. The van der Waals surface area contributed by atoms with E-state index in [1.54, 1.807) is 33.5 Å². The predicted molar refractivity (Wildman–Crippen MR) is 121 cm³/mol. The fraction of sp³-hybridized carbons (Fsp3) is 0.476. The third-order valence-corrected chi connectivity index (χ3v) is 5.75. The number of likely N-dealkylation sites (N-methyl/N-ethyl adjacent to an activating group) is 1. The lowest BCUT2D eigenvalue weighted by molar-refractivity contribution is -0.141. The van der Waals surface area contributed by atoms with Crippen LogP contribution in [0.25, 0.3) is 0 Å². The molecule has 0 aliphatic carbocycles. The Hall–Kier alpha value is -3.68. The number of nitrogens with one attached hydrogen (secondary N) is 2. The van der Waals surface area contributed by atoms with Gasteiger partial charge in [-0.25, -0.2) is 4.98 Å². The van der Waals surface area contributed by atoms with Crippen molar-refractivity contribution in [2.24, 2.45) is 7.05 Å². The Morgan fingerprint density at radius 2 is 2.03 bits per heavy atom. The number of hydrogen-bond donors (Lipinski definition) is 2. The Morgan fingerprint density at radius 3 is 2.71 bits per heavy atom. The topological polar surface area (TPSA) is 115 Å². The molecule has 3 aromatic heterocycles. The van der Waals surface area contributed by atoms with Crippen LogP contribution in [0.4, 0.5) is 30.6 Å². The molecule has 0 spiro atoms. The monoisotopic (exact) mass is 493 g/mol. The van der Waals surface area contributed by atoms with E-state index in [9.17, 15) is 18.0 Å². The van der Waals surface area contributed by atoms with Crippen molar-refractivity contribution in [2.75, 3.05) is 36.3 Å². The van der Waals surface area contributed by atoms with Crippen LogP contribution in [-0.4, -0.2) is 62.2 Å². The Balaban J connectivity index is 1.44. The highest BCUT2D eigenvalue weighted by atomic mass is 19.4.